The molecule has 2 amide bonds. The number of para-hydroxylation sites is 1. The Kier molecular flexibility index (Phi) is 7.07. The Balaban J connectivity index is 1.70. The quantitative estimate of drug-likeness (QED) is 0.169. The number of nitrogens with one attached hydrogen (secondary N) is 3. The molecule has 0 bridgehead atoms. The lowest BCUT2D eigenvalue weighted by Crippen LogP contribution is -2.48. The van der Waals surface area contributed by atoms with E-state index in [1.165, 1.54) is 24.2 Å². The Morgan fingerprint density at radius 2 is 1.97 bits per heavy atom. The highest BCUT2D eigenvalue weighted by Crippen LogP contribution is 2.37. The molecule has 0 saturated heterocycles. The van der Waals surface area contributed by atoms with E-state index in [1.54, 1.807) is 23.5 Å². The van der Waals surface area contributed by atoms with Crippen LogP contribution in [-0.4, -0.2) is 77.2 Å². The van der Waals surface area contributed by atoms with Crippen molar-refractivity contribution in [2.75, 3.05) is 24.4 Å². The minimum Gasteiger partial charge on any atom is -0.494 e. The summed E-state index contributed by atoms with van der Waals surface area (Å²) in [7, 11) is 1.43. The minimum absolute atomic E-state index is 0.0113. The average molecular weight is 500 g/mol. The predicted molar refractivity (Wildman–Crippen MR) is 123 cm³/mol. The van der Waals surface area contributed by atoms with Crippen molar-refractivity contribution in [2.24, 2.45) is 5.92 Å². The third kappa shape index (κ3) is 5.89. The zero-order valence-electron chi connectivity index (χ0n) is 19.0. The molecule has 2 aromatic heterocycles. The van der Waals surface area contributed by atoms with Gasteiger partial charge in [0.15, 0.2) is 17.3 Å². The highest BCUT2D eigenvalue weighted by Gasteiger charge is 2.31. The summed E-state index contributed by atoms with van der Waals surface area (Å²) in [6.45, 7) is 0.0714. The van der Waals surface area contributed by atoms with Crippen LogP contribution in [0.3, 0.4) is 0 Å². The smallest absolute Gasteiger partial charge is 0.369 e. The molecule has 15 nitrogen and oxygen atoms in total. The van der Waals surface area contributed by atoms with Gasteiger partial charge in [-0.1, -0.05) is 6.07 Å². The highest BCUT2D eigenvalue weighted by atomic mass is 16.7. The number of carbonyl (C=O) groups is 2. The van der Waals surface area contributed by atoms with Crippen LogP contribution in [0, 0.1) is 5.92 Å². The van der Waals surface area contributed by atoms with E-state index in [2.05, 4.69) is 31.0 Å². The highest BCUT2D eigenvalue weighted by molar-refractivity contribution is 6.00. The lowest BCUT2D eigenvalue weighted by molar-refractivity contribution is -0.323. The van der Waals surface area contributed by atoms with Gasteiger partial charge >= 0.3 is 6.10 Å². The molecule has 0 aliphatic heterocycles. The molecule has 2 heterocycles. The molecule has 0 atom stereocenters. The first-order valence-corrected chi connectivity index (χ1v) is 10.8. The Morgan fingerprint density at radius 1 is 1.19 bits per heavy atom. The lowest BCUT2D eigenvalue weighted by atomic mass is 10.1. The summed E-state index contributed by atoms with van der Waals surface area (Å²) >= 11 is 0. The topological polar surface area (TPSA) is 217 Å². The first-order chi connectivity index (χ1) is 17.2. The number of benzene rings is 1. The number of nitrogens with zero attached hydrogens (tertiary/aromatic N) is 5. The van der Waals surface area contributed by atoms with Crippen LogP contribution >= 0.6 is 0 Å². The number of anilines is 3. The van der Waals surface area contributed by atoms with E-state index in [-0.39, 0.29) is 36.5 Å². The van der Waals surface area contributed by atoms with Crippen molar-refractivity contribution in [3.8, 4) is 17.0 Å². The van der Waals surface area contributed by atoms with E-state index >= 15 is 0 Å². The van der Waals surface area contributed by atoms with Crippen molar-refractivity contribution in [1.82, 2.24) is 30.5 Å². The van der Waals surface area contributed by atoms with Crippen LogP contribution in [0.2, 0.25) is 0 Å². The minimum atomic E-state index is -3.49. The Morgan fingerprint density at radius 3 is 2.64 bits per heavy atom. The van der Waals surface area contributed by atoms with Gasteiger partial charge in [0.2, 0.25) is 5.91 Å². The number of rotatable bonds is 10. The standard InChI is InChI=1S/C21H24N8O7/c1-36-18-12(15-10-22-29(28-15)7-8-30)3-2-4-13(18)23-14-9-16(24-19(31)11-5-6-11)26-27-17(14)20(32)25-21(33,34)35/h2-4,9-11,30,33-35H,5-8H2,1H3,(H,25,32)(H2,23,24,26,31). The molecule has 1 aromatic carbocycles. The van der Waals surface area contributed by atoms with Gasteiger partial charge in [0.25, 0.3) is 5.91 Å². The lowest BCUT2D eigenvalue weighted by Gasteiger charge is -2.18. The molecule has 0 unspecified atom stereocenters. The molecule has 0 spiro atoms. The molecule has 15 heteroatoms. The maximum absolute atomic E-state index is 12.5. The zero-order chi connectivity index (χ0) is 25.9. The van der Waals surface area contributed by atoms with E-state index < -0.39 is 17.7 Å². The van der Waals surface area contributed by atoms with Crippen molar-refractivity contribution in [2.45, 2.75) is 25.5 Å². The molecule has 4 rings (SSSR count). The molecule has 0 radical (unpaired) electrons. The number of aliphatic hydroxyl groups is 4. The summed E-state index contributed by atoms with van der Waals surface area (Å²) in [6.07, 6.45) is -0.460. The van der Waals surface area contributed by atoms with Gasteiger partial charge in [-0.2, -0.15) is 15.0 Å². The molecule has 36 heavy (non-hydrogen) atoms. The molecule has 7 N–H and O–H groups in total. The Hall–Kier alpha value is -4.18. The van der Waals surface area contributed by atoms with Crippen LogP contribution in [0.15, 0.2) is 30.5 Å². The molecule has 3 aromatic rings. The molecule has 1 aliphatic carbocycles. The normalized spacial score (nSPS) is 13.2. The second-order valence-corrected chi connectivity index (χ2v) is 7.91. The van der Waals surface area contributed by atoms with Crippen molar-refractivity contribution >= 4 is 29.0 Å². The van der Waals surface area contributed by atoms with Gasteiger partial charge in [-0.3, -0.25) is 14.9 Å². The SMILES string of the molecule is COc1c(Nc2cc(NC(=O)C3CC3)nnc2C(=O)NC(O)(O)O)cccc1-c1cnn(CCO)n1. The molecule has 1 aliphatic rings. The zero-order valence-corrected chi connectivity index (χ0v) is 19.0. The van der Waals surface area contributed by atoms with Crippen molar-refractivity contribution in [1.29, 1.82) is 0 Å². The molecule has 1 saturated carbocycles. The second kappa shape index (κ2) is 10.2. The first kappa shape index (κ1) is 24.9. The van der Waals surface area contributed by atoms with E-state index in [0.29, 0.717) is 22.7 Å². The Bertz CT molecular complexity index is 1270. The van der Waals surface area contributed by atoms with Crippen molar-refractivity contribution in [3.63, 3.8) is 0 Å². The predicted octanol–water partition coefficient (Wildman–Crippen LogP) is -0.854. The summed E-state index contributed by atoms with van der Waals surface area (Å²) in [5.41, 5.74) is 0.954. The summed E-state index contributed by atoms with van der Waals surface area (Å²) in [5.74, 6) is -1.14. The number of ether oxygens (including phenoxy) is 1. The first-order valence-electron chi connectivity index (χ1n) is 10.8. The molecule has 1 fully saturated rings. The summed E-state index contributed by atoms with van der Waals surface area (Å²) < 4.78 is 5.57. The third-order valence-electron chi connectivity index (χ3n) is 5.09. The molecular formula is C21H24N8O7. The number of carbonyl (C=O) groups excluding carboxylic acids is 2. The number of aromatic nitrogens is 5. The van der Waals surface area contributed by atoms with Crippen molar-refractivity contribution < 1.29 is 34.8 Å². The van der Waals surface area contributed by atoms with E-state index in [4.69, 9.17) is 25.2 Å². The van der Waals surface area contributed by atoms with Gasteiger partial charge in [0.1, 0.15) is 5.69 Å². The molecule has 190 valence electrons. The maximum atomic E-state index is 12.5. The Labute approximate surface area is 203 Å². The fourth-order valence-corrected chi connectivity index (χ4v) is 3.32. The van der Waals surface area contributed by atoms with Crippen LogP contribution in [0.5, 0.6) is 5.75 Å². The number of aliphatic hydroxyl groups excluding tert-OH is 1. The van der Waals surface area contributed by atoms with E-state index in [1.807, 2.05) is 0 Å². The number of methoxy groups -OCH3 is 1. The third-order valence-corrected chi connectivity index (χ3v) is 5.09. The summed E-state index contributed by atoms with van der Waals surface area (Å²) in [5, 5.41) is 59.7. The summed E-state index contributed by atoms with van der Waals surface area (Å²) in [4.78, 5) is 26.0. The van der Waals surface area contributed by atoms with Crippen LogP contribution in [0.25, 0.3) is 11.3 Å². The molecular weight excluding hydrogens is 476 g/mol. The van der Waals surface area contributed by atoms with Gasteiger partial charge in [-0.15, -0.1) is 10.2 Å². The van der Waals surface area contributed by atoms with E-state index in [9.17, 15) is 9.59 Å². The van der Waals surface area contributed by atoms with Gasteiger partial charge in [-0.25, -0.2) is 0 Å². The van der Waals surface area contributed by atoms with Crippen LogP contribution < -0.4 is 20.7 Å². The fraction of sp³-hybridized carbons (Fsp3) is 0.333. The monoisotopic (exact) mass is 500 g/mol. The fourth-order valence-electron chi connectivity index (χ4n) is 3.32. The number of hydrogen-bond donors (Lipinski definition) is 7. The van der Waals surface area contributed by atoms with Gasteiger partial charge in [0, 0.05) is 17.5 Å². The van der Waals surface area contributed by atoms with Gasteiger partial charge in [-0.05, 0) is 25.0 Å². The average Bonchev–Trinajstić information content (AvgIpc) is 3.57. The van der Waals surface area contributed by atoms with Crippen molar-refractivity contribution in [3.05, 3.63) is 36.2 Å². The maximum Gasteiger partial charge on any atom is 0.369 e. The van der Waals surface area contributed by atoms with Gasteiger partial charge < -0.3 is 35.8 Å². The van der Waals surface area contributed by atoms with Crippen LogP contribution in [0.4, 0.5) is 17.2 Å². The number of amides is 2. The summed E-state index contributed by atoms with van der Waals surface area (Å²) in [6, 6.07) is 6.39. The number of hydrogen-bond acceptors (Lipinski definition) is 12. The second-order valence-electron chi connectivity index (χ2n) is 7.91. The van der Waals surface area contributed by atoms with Crippen LogP contribution in [-0.2, 0) is 11.3 Å². The van der Waals surface area contributed by atoms with E-state index in [0.717, 1.165) is 12.8 Å². The largest absolute Gasteiger partial charge is 0.494 e. The van der Waals surface area contributed by atoms with Gasteiger partial charge in [0.05, 0.1) is 37.8 Å². The van der Waals surface area contributed by atoms with Crippen LogP contribution in [0.1, 0.15) is 23.3 Å².